The third kappa shape index (κ3) is 3.90. The monoisotopic (exact) mass is 357 g/mol. The molecule has 0 amide bonds. The van der Waals surface area contributed by atoms with Gasteiger partial charge in [0.25, 0.3) is 0 Å². The first-order valence-electron chi connectivity index (χ1n) is 7.36. The molecule has 118 valence electrons. The minimum absolute atomic E-state index is 0.0725. The third-order valence-corrected chi connectivity index (χ3v) is 5.11. The van der Waals surface area contributed by atoms with E-state index in [0.717, 1.165) is 47.5 Å². The number of hydrogen-bond acceptors (Lipinski definition) is 4. The van der Waals surface area contributed by atoms with Crippen molar-refractivity contribution in [2.45, 2.75) is 32.2 Å². The van der Waals surface area contributed by atoms with Gasteiger partial charge in [-0.3, -0.25) is 0 Å². The van der Waals surface area contributed by atoms with E-state index in [1.54, 1.807) is 14.2 Å². The van der Waals surface area contributed by atoms with E-state index in [9.17, 15) is 5.11 Å². The number of benzene rings is 1. The maximum absolute atomic E-state index is 9.63. The average molecular weight is 358 g/mol. The molecule has 21 heavy (non-hydrogen) atoms. The smallest absolute Gasteiger partial charge is 0.161 e. The second kappa shape index (κ2) is 7.47. The highest BCUT2D eigenvalue weighted by Crippen LogP contribution is 2.37. The normalized spacial score (nSPS) is 17.0. The highest BCUT2D eigenvalue weighted by atomic mass is 79.9. The predicted molar refractivity (Wildman–Crippen MR) is 86.9 cm³/mol. The molecular formula is C16H24BrNO3. The summed E-state index contributed by atoms with van der Waals surface area (Å²) in [5.41, 5.74) is 1.20. The fourth-order valence-corrected chi connectivity index (χ4v) is 3.47. The molecule has 1 saturated carbocycles. The molecule has 0 aliphatic heterocycles. The molecule has 0 atom stereocenters. The quantitative estimate of drug-likeness (QED) is 0.787. The highest BCUT2D eigenvalue weighted by molar-refractivity contribution is 9.10. The molecule has 1 aliphatic rings. The Labute approximate surface area is 135 Å². The van der Waals surface area contributed by atoms with Gasteiger partial charge >= 0.3 is 0 Å². The summed E-state index contributed by atoms with van der Waals surface area (Å²) in [4.78, 5) is 0. The van der Waals surface area contributed by atoms with Crippen molar-refractivity contribution in [3.8, 4) is 11.5 Å². The number of aliphatic hydroxyl groups is 1. The van der Waals surface area contributed by atoms with Gasteiger partial charge in [0.1, 0.15) is 0 Å². The summed E-state index contributed by atoms with van der Waals surface area (Å²) in [6, 6.07) is 3.91. The lowest BCUT2D eigenvalue weighted by Gasteiger charge is -2.27. The van der Waals surface area contributed by atoms with Gasteiger partial charge < -0.3 is 19.9 Å². The SMILES string of the molecule is COc1cc(Br)c(CNCC2(CO)CCCC2)cc1OC. The first-order chi connectivity index (χ1) is 10.1. The second-order valence-electron chi connectivity index (χ2n) is 5.77. The van der Waals surface area contributed by atoms with Gasteiger partial charge in [-0.1, -0.05) is 28.8 Å². The van der Waals surface area contributed by atoms with Gasteiger partial charge in [-0.25, -0.2) is 0 Å². The zero-order chi connectivity index (χ0) is 15.3. The summed E-state index contributed by atoms with van der Waals surface area (Å²) in [6.45, 7) is 1.86. The van der Waals surface area contributed by atoms with E-state index in [-0.39, 0.29) is 12.0 Å². The molecule has 1 aromatic carbocycles. The standard InChI is InChI=1S/C16H24BrNO3/c1-20-14-7-12(13(17)8-15(14)21-2)9-18-10-16(11-19)5-3-4-6-16/h7-8,18-19H,3-6,9-11H2,1-2H3. The molecule has 5 heteroatoms. The number of rotatable bonds is 7. The number of nitrogens with one attached hydrogen (secondary N) is 1. The van der Waals surface area contributed by atoms with E-state index in [4.69, 9.17) is 9.47 Å². The van der Waals surface area contributed by atoms with Gasteiger partial charge in [0.05, 0.1) is 14.2 Å². The number of hydrogen-bond donors (Lipinski definition) is 2. The van der Waals surface area contributed by atoms with Gasteiger partial charge in [-0.15, -0.1) is 0 Å². The summed E-state index contributed by atoms with van der Waals surface area (Å²) in [6.07, 6.45) is 4.68. The van der Waals surface area contributed by atoms with Crippen molar-refractivity contribution in [2.75, 3.05) is 27.4 Å². The number of methoxy groups -OCH3 is 2. The average Bonchev–Trinajstić information content (AvgIpc) is 2.98. The molecule has 2 rings (SSSR count). The van der Waals surface area contributed by atoms with Crippen LogP contribution in [-0.2, 0) is 6.54 Å². The molecule has 1 aliphatic carbocycles. The van der Waals surface area contributed by atoms with Crippen LogP contribution >= 0.6 is 15.9 Å². The van der Waals surface area contributed by atoms with E-state index in [0.29, 0.717) is 0 Å². The molecule has 1 aromatic rings. The van der Waals surface area contributed by atoms with E-state index >= 15 is 0 Å². The molecule has 2 N–H and O–H groups in total. The number of aliphatic hydroxyl groups excluding tert-OH is 1. The Balaban J connectivity index is 1.99. The Hall–Kier alpha value is -0.780. The highest BCUT2D eigenvalue weighted by Gasteiger charge is 2.32. The van der Waals surface area contributed by atoms with Crippen LogP contribution in [0.1, 0.15) is 31.2 Å². The zero-order valence-electron chi connectivity index (χ0n) is 12.7. The predicted octanol–water partition coefficient (Wildman–Crippen LogP) is 3.11. The Morgan fingerprint density at radius 3 is 2.38 bits per heavy atom. The van der Waals surface area contributed by atoms with Crippen LogP contribution in [0.2, 0.25) is 0 Å². The molecule has 1 fully saturated rings. The maximum Gasteiger partial charge on any atom is 0.161 e. The lowest BCUT2D eigenvalue weighted by molar-refractivity contribution is 0.128. The summed E-state index contributed by atoms with van der Waals surface area (Å²) in [7, 11) is 3.27. The van der Waals surface area contributed by atoms with E-state index in [1.807, 2.05) is 12.1 Å². The van der Waals surface area contributed by atoms with Crippen molar-refractivity contribution in [1.82, 2.24) is 5.32 Å². The summed E-state index contributed by atoms with van der Waals surface area (Å²) >= 11 is 3.57. The van der Waals surface area contributed by atoms with Crippen molar-refractivity contribution in [2.24, 2.45) is 5.41 Å². The zero-order valence-corrected chi connectivity index (χ0v) is 14.3. The van der Waals surface area contributed by atoms with Crippen molar-refractivity contribution in [3.63, 3.8) is 0 Å². The molecule has 0 aromatic heterocycles. The van der Waals surface area contributed by atoms with Crippen molar-refractivity contribution in [3.05, 3.63) is 22.2 Å². The van der Waals surface area contributed by atoms with E-state index < -0.39 is 0 Å². The van der Waals surface area contributed by atoms with Crippen LogP contribution in [0.15, 0.2) is 16.6 Å². The van der Waals surface area contributed by atoms with Crippen LogP contribution in [0.3, 0.4) is 0 Å². The number of ether oxygens (including phenoxy) is 2. The van der Waals surface area contributed by atoms with Crippen LogP contribution in [0, 0.1) is 5.41 Å². The summed E-state index contributed by atoms with van der Waals surface area (Å²) in [5.74, 6) is 1.45. The molecule has 0 radical (unpaired) electrons. The molecule has 0 heterocycles. The minimum atomic E-state index is 0.0725. The van der Waals surface area contributed by atoms with Gasteiger partial charge in [-0.2, -0.15) is 0 Å². The van der Waals surface area contributed by atoms with Gasteiger partial charge in [-0.05, 0) is 30.5 Å². The van der Waals surface area contributed by atoms with Gasteiger partial charge in [0.15, 0.2) is 11.5 Å². The Bertz CT molecular complexity index is 473. The molecule has 0 unspecified atom stereocenters. The second-order valence-corrected chi connectivity index (χ2v) is 6.62. The van der Waals surface area contributed by atoms with Gasteiger partial charge in [0.2, 0.25) is 0 Å². The molecule has 0 bridgehead atoms. The van der Waals surface area contributed by atoms with Crippen molar-refractivity contribution in [1.29, 1.82) is 0 Å². The molecule has 0 spiro atoms. The summed E-state index contributed by atoms with van der Waals surface area (Å²) < 4.78 is 11.6. The Kier molecular flexibility index (Phi) is 5.90. The first kappa shape index (κ1) is 16.6. The van der Waals surface area contributed by atoms with Gasteiger partial charge in [0, 0.05) is 29.6 Å². The van der Waals surface area contributed by atoms with Crippen LogP contribution in [0.4, 0.5) is 0 Å². The van der Waals surface area contributed by atoms with Crippen LogP contribution < -0.4 is 14.8 Å². The molecule has 4 nitrogen and oxygen atoms in total. The number of halogens is 1. The van der Waals surface area contributed by atoms with Crippen molar-refractivity contribution < 1.29 is 14.6 Å². The molecule has 0 saturated heterocycles. The van der Waals surface area contributed by atoms with Crippen LogP contribution in [0.5, 0.6) is 11.5 Å². The Morgan fingerprint density at radius 2 is 1.81 bits per heavy atom. The largest absolute Gasteiger partial charge is 0.493 e. The maximum atomic E-state index is 9.63. The third-order valence-electron chi connectivity index (χ3n) is 4.37. The molecular weight excluding hydrogens is 334 g/mol. The van der Waals surface area contributed by atoms with E-state index in [1.165, 1.54) is 12.8 Å². The minimum Gasteiger partial charge on any atom is -0.493 e. The van der Waals surface area contributed by atoms with Crippen molar-refractivity contribution >= 4 is 15.9 Å². The lowest BCUT2D eigenvalue weighted by atomic mass is 9.87. The summed E-state index contributed by atoms with van der Waals surface area (Å²) in [5, 5.41) is 13.1. The van der Waals surface area contributed by atoms with Crippen LogP contribution in [0.25, 0.3) is 0 Å². The fourth-order valence-electron chi connectivity index (χ4n) is 3.01. The lowest BCUT2D eigenvalue weighted by Crippen LogP contribution is -2.34. The van der Waals surface area contributed by atoms with E-state index in [2.05, 4.69) is 21.2 Å². The van der Waals surface area contributed by atoms with Crippen LogP contribution in [-0.4, -0.2) is 32.5 Å². The Morgan fingerprint density at radius 1 is 1.19 bits per heavy atom. The fraction of sp³-hybridized carbons (Fsp3) is 0.625. The first-order valence-corrected chi connectivity index (χ1v) is 8.15. The topological polar surface area (TPSA) is 50.7 Å².